The molecule has 2 amide bonds. The number of sulfonamides is 1. The van der Waals surface area contributed by atoms with Gasteiger partial charge in [0.25, 0.3) is 5.91 Å². The number of benzene rings is 2. The molecule has 32 heavy (non-hydrogen) atoms. The number of ether oxygens (including phenoxy) is 1. The van der Waals surface area contributed by atoms with Crippen molar-refractivity contribution >= 4 is 39.1 Å². The lowest BCUT2D eigenvalue weighted by Gasteiger charge is -2.26. The largest absolute Gasteiger partial charge is 0.379 e. The van der Waals surface area contributed by atoms with Crippen LogP contribution in [0.25, 0.3) is 0 Å². The molecule has 2 fully saturated rings. The van der Waals surface area contributed by atoms with Crippen LogP contribution in [-0.4, -0.2) is 57.4 Å². The molecule has 0 saturated carbocycles. The molecule has 1 N–H and O–H groups in total. The van der Waals surface area contributed by atoms with E-state index in [1.165, 1.54) is 22.5 Å². The van der Waals surface area contributed by atoms with Crippen LogP contribution >= 0.6 is 11.6 Å². The van der Waals surface area contributed by atoms with Crippen molar-refractivity contribution in [2.24, 2.45) is 0 Å². The molecular weight excluding hydrogens is 454 g/mol. The zero-order valence-electron chi connectivity index (χ0n) is 17.4. The van der Waals surface area contributed by atoms with Crippen LogP contribution in [0, 0.1) is 0 Å². The molecule has 0 aliphatic carbocycles. The number of hydrogen-bond donors (Lipinski definition) is 1. The molecule has 2 saturated heterocycles. The van der Waals surface area contributed by atoms with Crippen LogP contribution in [0.15, 0.2) is 47.4 Å². The van der Waals surface area contributed by atoms with E-state index in [0.29, 0.717) is 19.6 Å². The number of nitrogens with zero attached hydrogens (tertiary/aromatic N) is 2. The van der Waals surface area contributed by atoms with E-state index in [-0.39, 0.29) is 41.0 Å². The van der Waals surface area contributed by atoms with E-state index in [2.05, 4.69) is 5.32 Å². The predicted octanol–water partition coefficient (Wildman–Crippen LogP) is 2.42. The number of amides is 2. The highest BCUT2D eigenvalue weighted by Gasteiger charge is 2.29. The Hall–Kier alpha value is -2.46. The minimum atomic E-state index is -3.82. The Morgan fingerprint density at radius 3 is 2.44 bits per heavy atom. The van der Waals surface area contributed by atoms with Crippen LogP contribution in [0.3, 0.4) is 0 Å². The average molecular weight is 478 g/mol. The molecule has 8 nitrogen and oxygen atoms in total. The molecule has 0 bridgehead atoms. The van der Waals surface area contributed by atoms with Gasteiger partial charge in [0, 0.05) is 43.9 Å². The van der Waals surface area contributed by atoms with E-state index in [4.69, 9.17) is 16.3 Å². The molecule has 0 aromatic heterocycles. The first-order valence-electron chi connectivity index (χ1n) is 10.4. The molecule has 2 aromatic carbocycles. The number of nitrogens with one attached hydrogen (secondary N) is 1. The molecule has 10 heteroatoms. The third-order valence-electron chi connectivity index (χ3n) is 5.56. The maximum atomic E-state index is 13.0. The molecule has 170 valence electrons. The van der Waals surface area contributed by atoms with E-state index >= 15 is 0 Å². The number of carbonyl (C=O) groups excluding carboxylic acids is 2. The standard InChI is InChI=1S/C22H24ClN3O5S/c23-19-8-5-17(14-20(19)32(29,30)25-10-12-31-13-11-25)22(28)24-15-16-3-6-18(7-4-16)26-9-1-2-21(26)27/h3-8,14H,1-2,9-13,15H2,(H,24,28). The van der Waals surface area contributed by atoms with Crippen LogP contribution in [0.5, 0.6) is 0 Å². The summed E-state index contributed by atoms with van der Waals surface area (Å²) in [4.78, 5) is 26.2. The van der Waals surface area contributed by atoms with Gasteiger partial charge in [-0.05, 0) is 42.3 Å². The second kappa shape index (κ2) is 9.58. The van der Waals surface area contributed by atoms with Crippen molar-refractivity contribution in [1.82, 2.24) is 9.62 Å². The highest BCUT2D eigenvalue weighted by Crippen LogP contribution is 2.27. The van der Waals surface area contributed by atoms with Gasteiger partial charge in [-0.3, -0.25) is 9.59 Å². The molecule has 2 aliphatic rings. The third-order valence-corrected chi connectivity index (χ3v) is 7.94. The quantitative estimate of drug-likeness (QED) is 0.689. The molecule has 2 aromatic rings. The average Bonchev–Trinajstić information content (AvgIpc) is 3.24. The fourth-order valence-corrected chi connectivity index (χ4v) is 5.68. The zero-order chi connectivity index (χ0) is 22.7. The van der Waals surface area contributed by atoms with Gasteiger partial charge in [0.15, 0.2) is 0 Å². The number of morpholine rings is 1. The van der Waals surface area contributed by atoms with Gasteiger partial charge in [0.2, 0.25) is 15.9 Å². The normalized spacial score (nSPS) is 17.5. The Balaban J connectivity index is 1.43. The van der Waals surface area contributed by atoms with Gasteiger partial charge in [0.05, 0.1) is 18.2 Å². The van der Waals surface area contributed by atoms with E-state index in [1.807, 2.05) is 24.3 Å². The summed E-state index contributed by atoms with van der Waals surface area (Å²) in [7, 11) is -3.82. The minimum absolute atomic E-state index is 0.0695. The summed E-state index contributed by atoms with van der Waals surface area (Å²) < 4.78 is 32.4. The first-order chi connectivity index (χ1) is 15.4. The van der Waals surface area contributed by atoms with Crippen molar-refractivity contribution in [1.29, 1.82) is 0 Å². The topological polar surface area (TPSA) is 96.0 Å². The second-order valence-electron chi connectivity index (χ2n) is 7.66. The van der Waals surface area contributed by atoms with Crippen molar-refractivity contribution in [3.8, 4) is 0 Å². The Labute approximate surface area is 192 Å². The number of halogens is 1. The van der Waals surface area contributed by atoms with Gasteiger partial charge in [-0.25, -0.2) is 8.42 Å². The molecule has 2 heterocycles. The smallest absolute Gasteiger partial charge is 0.251 e. The fourth-order valence-electron chi connectivity index (χ4n) is 3.77. The van der Waals surface area contributed by atoms with Gasteiger partial charge in [-0.15, -0.1) is 0 Å². The molecule has 0 atom stereocenters. The Bertz CT molecular complexity index is 1110. The van der Waals surface area contributed by atoms with Crippen molar-refractivity contribution < 1.29 is 22.7 Å². The first kappa shape index (κ1) is 22.7. The van der Waals surface area contributed by atoms with Gasteiger partial charge in [-0.2, -0.15) is 4.31 Å². The molecule has 0 spiro atoms. The first-order valence-corrected chi connectivity index (χ1v) is 12.2. The lowest BCUT2D eigenvalue weighted by atomic mass is 10.1. The van der Waals surface area contributed by atoms with Crippen LogP contribution in [0.1, 0.15) is 28.8 Å². The van der Waals surface area contributed by atoms with Crippen LogP contribution in [0.2, 0.25) is 5.02 Å². The Morgan fingerprint density at radius 2 is 1.78 bits per heavy atom. The number of carbonyl (C=O) groups is 2. The molecule has 2 aliphatic heterocycles. The van der Waals surface area contributed by atoms with Crippen molar-refractivity contribution in [3.05, 3.63) is 58.6 Å². The van der Waals surface area contributed by atoms with E-state index in [1.54, 1.807) is 4.90 Å². The summed E-state index contributed by atoms with van der Waals surface area (Å²) in [5.74, 6) is -0.282. The molecule has 0 unspecified atom stereocenters. The maximum absolute atomic E-state index is 13.0. The van der Waals surface area contributed by atoms with Crippen molar-refractivity contribution in [3.63, 3.8) is 0 Å². The summed E-state index contributed by atoms with van der Waals surface area (Å²) in [6, 6.07) is 11.7. The summed E-state index contributed by atoms with van der Waals surface area (Å²) >= 11 is 6.16. The van der Waals surface area contributed by atoms with E-state index in [9.17, 15) is 18.0 Å². The lowest BCUT2D eigenvalue weighted by Crippen LogP contribution is -2.40. The van der Waals surface area contributed by atoms with Gasteiger partial charge >= 0.3 is 0 Å². The maximum Gasteiger partial charge on any atom is 0.251 e. The Kier molecular flexibility index (Phi) is 6.80. The van der Waals surface area contributed by atoms with Crippen LogP contribution in [-0.2, 0) is 26.1 Å². The molecule has 0 radical (unpaired) electrons. The monoisotopic (exact) mass is 477 g/mol. The van der Waals surface area contributed by atoms with E-state index < -0.39 is 15.9 Å². The minimum Gasteiger partial charge on any atom is -0.379 e. The van der Waals surface area contributed by atoms with Crippen molar-refractivity contribution in [2.45, 2.75) is 24.3 Å². The number of hydrogen-bond acceptors (Lipinski definition) is 5. The summed E-state index contributed by atoms with van der Waals surface area (Å²) in [5, 5.41) is 2.87. The van der Waals surface area contributed by atoms with Crippen LogP contribution < -0.4 is 10.2 Å². The Morgan fingerprint density at radius 1 is 1.06 bits per heavy atom. The highest BCUT2D eigenvalue weighted by atomic mass is 35.5. The van der Waals surface area contributed by atoms with E-state index in [0.717, 1.165) is 24.2 Å². The third kappa shape index (κ3) is 4.80. The van der Waals surface area contributed by atoms with Crippen molar-refractivity contribution in [2.75, 3.05) is 37.7 Å². The predicted molar refractivity (Wildman–Crippen MR) is 120 cm³/mol. The summed E-state index contributed by atoms with van der Waals surface area (Å²) in [6.07, 6.45) is 1.43. The van der Waals surface area contributed by atoms with Gasteiger partial charge in [0.1, 0.15) is 4.90 Å². The number of anilines is 1. The van der Waals surface area contributed by atoms with Gasteiger partial charge < -0.3 is 15.0 Å². The highest BCUT2D eigenvalue weighted by molar-refractivity contribution is 7.89. The second-order valence-corrected chi connectivity index (χ2v) is 9.97. The van der Waals surface area contributed by atoms with Gasteiger partial charge in [-0.1, -0.05) is 23.7 Å². The molecular formula is C22H24ClN3O5S. The fraction of sp³-hybridized carbons (Fsp3) is 0.364. The lowest BCUT2D eigenvalue weighted by molar-refractivity contribution is -0.117. The summed E-state index contributed by atoms with van der Waals surface area (Å²) in [5.41, 5.74) is 1.92. The zero-order valence-corrected chi connectivity index (χ0v) is 19.0. The number of rotatable bonds is 6. The summed E-state index contributed by atoms with van der Waals surface area (Å²) in [6.45, 7) is 2.12. The molecule has 4 rings (SSSR count). The van der Waals surface area contributed by atoms with Crippen LogP contribution in [0.4, 0.5) is 5.69 Å². The SMILES string of the molecule is O=C(NCc1ccc(N2CCCC2=O)cc1)c1ccc(Cl)c(S(=O)(=O)N2CCOCC2)c1.